The van der Waals surface area contributed by atoms with Crippen LogP contribution in [-0.4, -0.2) is 22.8 Å². The van der Waals surface area contributed by atoms with Crippen LogP contribution in [0.4, 0.5) is 0 Å². The zero-order valence-corrected chi connectivity index (χ0v) is 18.3. The maximum absolute atomic E-state index is 6.55. The van der Waals surface area contributed by atoms with Crippen molar-refractivity contribution in [1.82, 2.24) is 0 Å². The first kappa shape index (κ1) is 19.5. The summed E-state index contributed by atoms with van der Waals surface area (Å²) in [4.78, 5) is 0. The van der Waals surface area contributed by atoms with Gasteiger partial charge in [-0.3, -0.25) is 0 Å². The van der Waals surface area contributed by atoms with E-state index in [-0.39, 0.29) is 20.9 Å². The van der Waals surface area contributed by atoms with Gasteiger partial charge in [-0.2, -0.15) is 0 Å². The smallest absolute Gasteiger partial charge is 0.351 e. The molecule has 2 aliphatic carbocycles. The first-order valence-corrected chi connectivity index (χ1v) is 11.3. The van der Waals surface area contributed by atoms with Gasteiger partial charge in [-0.15, -0.1) is 0 Å². The summed E-state index contributed by atoms with van der Waals surface area (Å²) >= 11 is 0. The molecule has 0 aliphatic heterocycles. The van der Waals surface area contributed by atoms with Gasteiger partial charge in [0.25, 0.3) is 0 Å². The minimum atomic E-state index is -2.48. The van der Waals surface area contributed by atoms with Crippen LogP contribution in [0.2, 0.25) is 10.1 Å². The Bertz CT molecular complexity index is 417. The summed E-state index contributed by atoms with van der Waals surface area (Å²) in [5.74, 6) is 1.44. The minimum absolute atomic E-state index is 0.138. The normalized spacial score (nSPS) is 43.0. The molecule has 23 heavy (non-hydrogen) atoms. The van der Waals surface area contributed by atoms with Crippen molar-refractivity contribution in [1.29, 1.82) is 0 Å². The second-order valence-electron chi connectivity index (χ2n) is 10.0. The standard InChI is InChI=1S/C20H40O2Si/c1-15-11-13-19(7,17(15,3)4)23(21-9,22-10)20(8)14-12-16(2)18(20,5)6/h15-16H,11-14H2,1-10H3. The molecule has 2 aliphatic rings. The van der Waals surface area contributed by atoms with E-state index in [4.69, 9.17) is 8.85 Å². The molecule has 4 atom stereocenters. The lowest BCUT2D eigenvalue weighted by Crippen LogP contribution is -2.65. The van der Waals surface area contributed by atoms with E-state index in [1.807, 2.05) is 14.2 Å². The highest BCUT2D eigenvalue weighted by Gasteiger charge is 2.75. The summed E-state index contributed by atoms with van der Waals surface area (Å²) in [7, 11) is 1.39. The third kappa shape index (κ3) is 2.05. The molecule has 2 nitrogen and oxygen atoms in total. The lowest BCUT2D eigenvalue weighted by Gasteiger charge is -2.60. The van der Waals surface area contributed by atoms with Crippen molar-refractivity contribution in [2.45, 2.75) is 91.1 Å². The Morgan fingerprint density at radius 2 is 1.00 bits per heavy atom. The highest BCUT2D eigenvalue weighted by molar-refractivity contribution is 6.74. The fourth-order valence-electron chi connectivity index (χ4n) is 6.23. The van der Waals surface area contributed by atoms with E-state index in [1.165, 1.54) is 25.7 Å². The monoisotopic (exact) mass is 340 g/mol. The Kier molecular flexibility index (Phi) is 4.71. The van der Waals surface area contributed by atoms with Gasteiger partial charge in [-0.25, -0.2) is 0 Å². The molecule has 0 radical (unpaired) electrons. The molecule has 136 valence electrons. The summed E-state index contributed by atoms with van der Waals surface area (Å²) in [5.41, 5.74) is 0.492. The van der Waals surface area contributed by atoms with Crippen LogP contribution in [0.5, 0.6) is 0 Å². The second-order valence-corrected chi connectivity index (χ2v) is 14.3. The van der Waals surface area contributed by atoms with Crippen molar-refractivity contribution in [2.75, 3.05) is 14.2 Å². The van der Waals surface area contributed by atoms with Crippen LogP contribution in [0, 0.1) is 22.7 Å². The fraction of sp³-hybridized carbons (Fsp3) is 1.00. The zero-order valence-electron chi connectivity index (χ0n) is 17.3. The quantitative estimate of drug-likeness (QED) is 0.571. The average Bonchev–Trinajstić information content (AvgIpc) is 2.82. The molecule has 0 aromatic carbocycles. The lowest BCUT2D eigenvalue weighted by atomic mass is 9.75. The molecule has 2 saturated carbocycles. The predicted molar refractivity (Wildman–Crippen MR) is 101 cm³/mol. The topological polar surface area (TPSA) is 18.5 Å². The van der Waals surface area contributed by atoms with E-state index < -0.39 is 8.56 Å². The molecule has 2 rings (SSSR count). The molecule has 4 unspecified atom stereocenters. The molecule has 3 heteroatoms. The molecule has 0 heterocycles. The zero-order chi connectivity index (χ0) is 17.9. The van der Waals surface area contributed by atoms with Crippen molar-refractivity contribution < 1.29 is 8.85 Å². The maximum atomic E-state index is 6.55. The average molecular weight is 341 g/mol. The van der Waals surface area contributed by atoms with Crippen molar-refractivity contribution in [3.8, 4) is 0 Å². The number of hydrogen-bond acceptors (Lipinski definition) is 2. The van der Waals surface area contributed by atoms with Crippen LogP contribution in [0.15, 0.2) is 0 Å². The molecular weight excluding hydrogens is 300 g/mol. The van der Waals surface area contributed by atoms with Crippen molar-refractivity contribution in [2.24, 2.45) is 22.7 Å². The van der Waals surface area contributed by atoms with E-state index >= 15 is 0 Å². The molecule has 2 fully saturated rings. The molecule has 0 amide bonds. The van der Waals surface area contributed by atoms with Gasteiger partial charge in [0.05, 0.1) is 0 Å². The van der Waals surface area contributed by atoms with Gasteiger partial charge in [-0.1, -0.05) is 55.4 Å². The van der Waals surface area contributed by atoms with Gasteiger partial charge < -0.3 is 8.85 Å². The summed E-state index contributed by atoms with van der Waals surface area (Å²) in [6.45, 7) is 19.6. The van der Waals surface area contributed by atoms with E-state index in [1.54, 1.807) is 0 Å². The first-order chi connectivity index (χ1) is 10.4. The molecule has 0 aromatic rings. The highest BCUT2D eigenvalue weighted by Crippen LogP contribution is 2.76. The van der Waals surface area contributed by atoms with Gasteiger partial charge in [0.2, 0.25) is 0 Å². The third-order valence-electron chi connectivity index (χ3n) is 9.49. The summed E-state index contributed by atoms with van der Waals surface area (Å²) in [6, 6.07) is 0. The Balaban J connectivity index is 2.66. The Hall–Kier alpha value is 0.137. The molecule has 0 spiro atoms. The van der Waals surface area contributed by atoms with Crippen molar-refractivity contribution >= 4 is 8.56 Å². The van der Waals surface area contributed by atoms with Crippen molar-refractivity contribution in [3.63, 3.8) is 0 Å². The Labute approximate surface area is 146 Å². The predicted octanol–water partition coefficient (Wildman–Crippen LogP) is 6.15. The molecule has 0 aromatic heterocycles. The van der Waals surface area contributed by atoms with Crippen molar-refractivity contribution in [3.05, 3.63) is 0 Å². The Morgan fingerprint density at radius 3 is 1.17 bits per heavy atom. The second kappa shape index (κ2) is 5.57. The first-order valence-electron chi connectivity index (χ1n) is 9.48. The van der Waals surface area contributed by atoms with Gasteiger partial charge in [0, 0.05) is 24.3 Å². The number of hydrogen-bond donors (Lipinski definition) is 0. The van der Waals surface area contributed by atoms with Crippen LogP contribution >= 0.6 is 0 Å². The van der Waals surface area contributed by atoms with E-state index in [2.05, 4.69) is 55.4 Å². The van der Waals surface area contributed by atoms with Crippen LogP contribution in [0.3, 0.4) is 0 Å². The molecule has 0 bridgehead atoms. The lowest BCUT2D eigenvalue weighted by molar-refractivity contribution is 0.0801. The summed E-state index contributed by atoms with van der Waals surface area (Å²) in [5, 5.41) is 0.276. The maximum Gasteiger partial charge on any atom is 0.351 e. The molecule has 0 N–H and O–H groups in total. The van der Waals surface area contributed by atoms with E-state index in [0.29, 0.717) is 0 Å². The van der Waals surface area contributed by atoms with Gasteiger partial charge in [0.1, 0.15) is 0 Å². The van der Waals surface area contributed by atoms with Gasteiger partial charge >= 0.3 is 8.56 Å². The fourth-order valence-corrected chi connectivity index (χ4v) is 12.6. The molecule has 0 saturated heterocycles. The van der Waals surface area contributed by atoms with Crippen LogP contribution in [0.25, 0.3) is 0 Å². The van der Waals surface area contributed by atoms with E-state index in [0.717, 1.165) is 11.8 Å². The molecular formula is C20H40O2Si. The van der Waals surface area contributed by atoms with Gasteiger partial charge in [-0.05, 0) is 48.3 Å². The van der Waals surface area contributed by atoms with Gasteiger partial charge in [0.15, 0.2) is 0 Å². The number of rotatable bonds is 4. The minimum Gasteiger partial charge on any atom is -0.397 e. The van der Waals surface area contributed by atoms with Crippen LogP contribution in [0.1, 0.15) is 81.1 Å². The van der Waals surface area contributed by atoms with Crippen LogP contribution < -0.4 is 0 Å². The van der Waals surface area contributed by atoms with Crippen LogP contribution in [-0.2, 0) is 8.85 Å². The Morgan fingerprint density at radius 1 is 0.696 bits per heavy atom. The largest absolute Gasteiger partial charge is 0.397 e. The third-order valence-corrected chi connectivity index (χ3v) is 15.3. The summed E-state index contributed by atoms with van der Waals surface area (Å²) < 4.78 is 13.1. The summed E-state index contributed by atoms with van der Waals surface area (Å²) in [6.07, 6.45) is 5.04. The SMILES string of the molecule is CO[Si](OC)(C1(C)CCC(C)C1(C)C)C1(C)CCC(C)C1(C)C. The van der Waals surface area contributed by atoms with E-state index in [9.17, 15) is 0 Å². The highest BCUT2D eigenvalue weighted by atomic mass is 28.4.